The fraction of sp³-hybridized carbons (Fsp3) is 0.250. The van der Waals surface area contributed by atoms with Crippen molar-refractivity contribution in [2.45, 2.75) is 6.42 Å². The van der Waals surface area contributed by atoms with Crippen LogP contribution in [0.25, 0.3) is 10.9 Å². The third-order valence-electron chi connectivity index (χ3n) is 2.86. The van der Waals surface area contributed by atoms with Crippen LogP contribution in [0.5, 0.6) is 0 Å². The van der Waals surface area contributed by atoms with Crippen molar-refractivity contribution in [3.63, 3.8) is 0 Å². The van der Waals surface area contributed by atoms with Crippen LogP contribution in [0.4, 0.5) is 11.4 Å². The second-order valence-electron chi connectivity index (χ2n) is 4.44. The highest BCUT2D eigenvalue weighted by atomic mass is 32.2. The second kappa shape index (κ2) is 6.02. The first-order valence-electron chi connectivity index (χ1n) is 6.15. The number of nitrogens with one attached hydrogen (secondary N) is 1. The van der Waals surface area contributed by atoms with E-state index in [2.05, 4.69) is 10.3 Å². The Morgan fingerprint density at radius 1 is 1.33 bits per heavy atom. The van der Waals surface area contributed by atoms with Gasteiger partial charge in [0.05, 0.1) is 21.7 Å². The molecule has 0 aliphatic rings. The summed E-state index contributed by atoms with van der Waals surface area (Å²) in [4.78, 5) is 14.7. The number of anilines is 1. The molecule has 2 aromatic rings. The van der Waals surface area contributed by atoms with E-state index in [1.54, 1.807) is 24.4 Å². The summed E-state index contributed by atoms with van der Waals surface area (Å²) in [6.07, 6.45) is 1.88. The second-order valence-corrected chi connectivity index (χ2v) is 6.17. The minimum atomic E-state index is -3.48. The molecule has 21 heavy (non-hydrogen) atoms. The van der Waals surface area contributed by atoms with Gasteiger partial charge in [0.1, 0.15) is 5.52 Å². The molecule has 1 aromatic heterocycles. The van der Waals surface area contributed by atoms with Gasteiger partial charge in [-0.15, -0.1) is 0 Å². The molecular formula is C12H14N4O4S. The van der Waals surface area contributed by atoms with E-state index < -0.39 is 14.9 Å². The molecule has 0 unspecified atom stereocenters. The molecule has 2 rings (SSSR count). The van der Waals surface area contributed by atoms with Gasteiger partial charge in [-0.2, -0.15) is 0 Å². The average Bonchev–Trinajstić information content (AvgIpc) is 2.42. The largest absolute Gasteiger partial charge is 0.383 e. The normalized spacial score (nSPS) is 11.5. The number of primary sulfonamides is 1. The first kappa shape index (κ1) is 15.1. The fourth-order valence-electron chi connectivity index (χ4n) is 1.96. The molecule has 0 bridgehead atoms. The van der Waals surface area contributed by atoms with Gasteiger partial charge in [0.15, 0.2) is 0 Å². The zero-order chi connectivity index (χ0) is 15.5. The van der Waals surface area contributed by atoms with E-state index in [1.807, 2.05) is 0 Å². The van der Waals surface area contributed by atoms with Crippen molar-refractivity contribution in [2.24, 2.45) is 5.14 Å². The molecule has 112 valence electrons. The number of benzene rings is 1. The summed E-state index contributed by atoms with van der Waals surface area (Å²) < 4.78 is 21.7. The first-order valence-corrected chi connectivity index (χ1v) is 7.86. The van der Waals surface area contributed by atoms with Crippen molar-refractivity contribution in [1.29, 1.82) is 0 Å². The predicted molar refractivity (Wildman–Crippen MR) is 79.5 cm³/mol. The number of nitro benzene ring substituents is 1. The Hall–Kier alpha value is -2.26. The fourth-order valence-corrected chi connectivity index (χ4v) is 2.50. The standard InChI is InChI=1S/C12H14N4O4S/c13-21(19,20)8-2-7-14-10-4-5-11(16(17)18)9-3-1-6-15-12(9)10/h1,3-6,14H,2,7-8H2,(H2,13,19,20). The number of rotatable bonds is 6. The summed E-state index contributed by atoms with van der Waals surface area (Å²) in [5, 5.41) is 19.3. The third-order valence-corrected chi connectivity index (χ3v) is 3.72. The quantitative estimate of drug-likeness (QED) is 0.469. The molecule has 0 atom stereocenters. The maximum Gasteiger partial charge on any atom is 0.278 e. The Bertz CT molecular complexity index is 776. The smallest absolute Gasteiger partial charge is 0.278 e. The van der Waals surface area contributed by atoms with Crippen molar-refractivity contribution >= 4 is 32.3 Å². The first-order chi connectivity index (χ1) is 9.88. The topological polar surface area (TPSA) is 128 Å². The van der Waals surface area contributed by atoms with Gasteiger partial charge < -0.3 is 5.32 Å². The number of aromatic nitrogens is 1. The number of nitro groups is 1. The molecule has 0 amide bonds. The van der Waals surface area contributed by atoms with E-state index in [0.29, 0.717) is 29.6 Å². The lowest BCUT2D eigenvalue weighted by atomic mass is 10.1. The van der Waals surface area contributed by atoms with E-state index in [0.717, 1.165) is 0 Å². The molecule has 3 N–H and O–H groups in total. The van der Waals surface area contributed by atoms with Crippen molar-refractivity contribution in [3.8, 4) is 0 Å². The van der Waals surface area contributed by atoms with Crippen molar-refractivity contribution in [2.75, 3.05) is 17.6 Å². The highest BCUT2D eigenvalue weighted by Gasteiger charge is 2.14. The Morgan fingerprint density at radius 3 is 2.76 bits per heavy atom. The van der Waals surface area contributed by atoms with Gasteiger partial charge in [0.2, 0.25) is 10.0 Å². The van der Waals surface area contributed by atoms with Crippen LogP contribution < -0.4 is 10.5 Å². The lowest BCUT2D eigenvalue weighted by Gasteiger charge is -2.09. The highest BCUT2D eigenvalue weighted by molar-refractivity contribution is 7.89. The van der Waals surface area contributed by atoms with Crippen LogP contribution in [0, 0.1) is 10.1 Å². The lowest BCUT2D eigenvalue weighted by Crippen LogP contribution is -2.18. The minimum absolute atomic E-state index is 0.0202. The van der Waals surface area contributed by atoms with Gasteiger partial charge in [0.25, 0.3) is 5.69 Å². The monoisotopic (exact) mass is 310 g/mol. The van der Waals surface area contributed by atoms with Crippen LogP contribution in [-0.4, -0.2) is 30.6 Å². The van der Waals surface area contributed by atoms with Gasteiger partial charge in [-0.05, 0) is 24.6 Å². The van der Waals surface area contributed by atoms with Crippen LogP contribution >= 0.6 is 0 Å². The molecule has 0 aliphatic carbocycles. The van der Waals surface area contributed by atoms with Crippen LogP contribution in [-0.2, 0) is 10.0 Å². The summed E-state index contributed by atoms with van der Waals surface area (Å²) in [6.45, 7) is 0.375. The molecule has 0 fully saturated rings. The molecule has 0 spiro atoms. The molecule has 1 aromatic carbocycles. The number of hydrogen-bond donors (Lipinski definition) is 2. The zero-order valence-electron chi connectivity index (χ0n) is 11.0. The van der Waals surface area contributed by atoms with Crippen molar-refractivity contribution < 1.29 is 13.3 Å². The van der Waals surface area contributed by atoms with Crippen LogP contribution in [0.1, 0.15) is 6.42 Å². The van der Waals surface area contributed by atoms with Gasteiger partial charge in [-0.1, -0.05) is 0 Å². The maximum absolute atomic E-state index is 11.0. The molecule has 1 heterocycles. The van der Waals surface area contributed by atoms with E-state index in [4.69, 9.17) is 5.14 Å². The molecule has 0 saturated carbocycles. The Morgan fingerprint density at radius 2 is 2.10 bits per heavy atom. The molecule has 9 heteroatoms. The molecule has 0 radical (unpaired) electrons. The summed E-state index contributed by atoms with van der Waals surface area (Å²) in [5.41, 5.74) is 1.07. The number of hydrogen-bond acceptors (Lipinski definition) is 6. The van der Waals surface area contributed by atoms with Gasteiger partial charge in [-0.3, -0.25) is 15.1 Å². The Kier molecular flexibility index (Phi) is 4.34. The summed E-state index contributed by atoms with van der Waals surface area (Å²) in [7, 11) is -3.48. The summed E-state index contributed by atoms with van der Waals surface area (Å²) in [5.74, 6) is -0.127. The highest BCUT2D eigenvalue weighted by Crippen LogP contribution is 2.29. The van der Waals surface area contributed by atoms with Gasteiger partial charge in [0, 0.05) is 18.8 Å². The van der Waals surface area contributed by atoms with Gasteiger partial charge in [-0.25, -0.2) is 13.6 Å². The van der Waals surface area contributed by atoms with Crippen molar-refractivity contribution in [3.05, 3.63) is 40.6 Å². The number of fused-ring (bicyclic) bond motifs is 1. The SMILES string of the molecule is NS(=O)(=O)CCCNc1ccc([N+](=O)[O-])c2cccnc12. The van der Waals surface area contributed by atoms with Gasteiger partial charge >= 0.3 is 0 Å². The zero-order valence-corrected chi connectivity index (χ0v) is 11.8. The summed E-state index contributed by atoms with van der Waals surface area (Å²) >= 11 is 0. The average molecular weight is 310 g/mol. The van der Waals surface area contributed by atoms with E-state index in [9.17, 15) is 18.5 Å². The molecule has 8 nitrogen and oxygen atoms in total. The minimum Gasteiger partial charge on any atom is -0.383 e. The maximum atomic E-state index is 11.0. The number of pyridine rings is 1. The molecule has 0 saturated heterocycles. The van der Waals surface area contributed by atoms with E-state index in [1.165, 1.54) is 6.07 Å². The van der Waals surface area contributed by atoms with E-state index in [-0.39, 0.29) is 11.4 Å². The van der Waals surface area contributed by atoms with Crippen LogP contribution in [0.3, 0.4) is 0 Å². The van der Waals surface area contributed by atoms with E-state index >= 15 is 0 Å². The van der Waals surface area contributed by atoms with Crippen LogP contribution in [0.15, 0.2) is 30.5 Å². The van der Waals surface area contributed by atoms with Crippen molar-refractivity contribution in [1.82, 2.24) is 4.98 Å². The third kappa shape index (κ3) is 3.86. The number of sulfonamides is 1. The number of nitrogens with zero attached hydrogens (tertiary/aromatic N) is 2. The Labute approximate surface area is 121 Å². The predicted octanol–water partition coefficient (Wildman–Crippen LogP) is 1.23. The lowest BCUT2D eigenvalue weighted by molar-refractivity contribution is -0.383. The Balaban J connectivity index is 2.22. The molecular weight excluding hydrogens is 296 g/mol. The summed E-state index contributed by atoms with van der Waals surface area (Å²) in [6, 6.07) is 6.20. The number of nitrogens with two attached hydrogens (primary N) is 1. The number of non-ortho nitro benzene ring substituents is 1. The molecule has 0 aliphatic heterocycles. The van der Waals surface area contributed by atoms with Crippen LogP contribution in [0.2, 0.25) is 0 Å².